The summed E-state index contributed by atoms with van der Waals surface area (Å²) in [6.07, 6.45) is -18.4. The summed E-state index contributed by atoms with van der Waals surface area (Å²) in [4.78, 5) is 87.1. The fraction of sp³-hybridized carbons (Fsp3) is 0.449. The standard InChI is InChI=1S/C49H50F3N3O14/c1-24-31(67-44(63)36(59)35(27-13-9-7-10-14-27)54-42(61)29-19-17-28(18-20-29)39(55-53)49(50,51)52)22-48(64)41(68-43(62)30-15-11-8-12-16-30)38-46(6,32(58)21-33-47(38,23-65-33)69-26(3)57)40(60)37(66-25(2)56)34(24)45(48,4)5/h7-20,31-33,35-38,41,58-59,64H,21-23H2,1-6H3,(H,54,61)/t31-,32-,33+,35-,36+,37+,38-,41-,46+,47-,48+/m0/s1/i15T,16T,19T,20T,35T. The first-order valence-electron chi connectivity index (χ1n) is 23.9. The topological polar surface area (TPSA) is 258 Å². The Bertz CT molecular complexity index is 2910. The van der Waals surface area contributed by atoms with Gasteiger partial charge in [-0.15, -0.1) is 0 Å². The van der Waals surface area contributed by atoms with Crippen LogP contribution in [0.3, 0.4) is 0 Å². The number of fused-ring (bicyclic) bond motifs is 5. The van der Waals surface area contributed by atoms with E-state index in [-0.39, 0.29) is 23.1 Å². The van der Waals surface area contributed by atoms with Crippen molar-refractivity contribution in [3.05, 3.63) is 124 Å². The molecule has 2 bridgehead atoms. The summed E-state index contributed by atoms with van der Waals surface area (Å²) < 4.78 is 114. The van der Waals surface area contributed by atoms with E-state index in [9.17, 15) is 53.8 Å². The van der Waals surface area contributed by atoms with Gasteiger partial charge in [0.1, 0.15) is 23.9 Å². The third-order valence-corrected chi connectivity index (χ3v) is 13.7. The quantitative estimate of drug-likeness (QED) is 0.0522. The number of aliphatic hydroxyl groups is 3. The molecule has 7 rings (SSSR count). The van der Waals surface area contributed by atoms with E-state index in [4.69, 9.17) is 34.7 Å². The number of ketones is 1. The molecule has 20 heteroatoms. The smallest absolute Gasteiger partial charge is 0.456 e. The highest BCUT2D eigenvalue weighted by Crippen LogP contribution is 2.64. The van der Waals surface area contributed by atoms with Gasteiger partial charge < -0.3 is 49.9 Å². The molecule has 3 fully saturated rings. The van der Waals surface area contributed by atoms with Crippen LogP contribution in [0, 0.1) is 16.7 Å². The number of esters is 4. The maximum atomic E-state index is 15.6. The van der Waals surface area contributed by atoms with E-state index in [2.05, 4.69) is 10.1 Å². The molecular weight excluding hydrogens is 912 g/mol. The Morgan fingerprint density at radius 1 is 0.928 bits per heavy atom. The second kappa shape index (κ2) is 18.4. The van der Waals surface area contributed by atoms with Crippen molar-refractivity contribution < 1.29 is 92.6 Å². The van der Waals surface area contributed by atoms with Gasteiger partial charge >= 0.3 is 35.8 Å². The maximum absolute atomic E-state index is 15.6. The van der Waals surface area contributed by atoms with Crippen molar-refractivity contribution in [2.24, 2.45) is 16.7 Å². The SMILES string of the molecule is [3H]c1cc(C(=[N+]=[N-])C(F)(F)F)cc([3H])c1C(=O)N[C@@]([3H])(c1ccccc1)[C@@H](O)C(=O)O[C@H]1C[C@@]2(O)[C@@H](OC(=O)c3c([3H])cccc3[3H])[C@@H]3[C@]4(OC(C)=O)CO[C@@H]4C[C@H](O)[C@@]3(C)C(=O)[C@H](OC(C)=O)C(=C1C)C2(C)C. The van der Waals surface area contributed by atoms with Crippen molar-refractivity contribution in [3.63, 3.8) is 0 Å². The van der Waals surface area contributed by atoms with Crippen LogP contribution in [0.25, 0.3) is 5.53 Å². The van der Waals surface area contributed by atoms with Gasteiger partial charge in [-0.3, -0.25) is 19.2 Å². The van der Waals surface area contributed by atoms with Crippen LogP contribution < -0.4 is 5.32 Å². The summed E-state index contributed by atoms with van der Waals surface area (Å²) in [5, 5.41) is 40.0. The van der Waals surface area contributed by atoms with Gasteiger partial charge in [0.25, 0.3) is 5.91 Å². The number of aliphatic hydroxyl groups excluding tert-OH is 2. The number of ether oxygens (including phenoxy) is 5. The van der Waals surface area contributed by atoms with Crippen LogP contribution >= 0.6 is 0 Å². The van der Waals surface area contributed by atoms with Crippen LogP contribution in [0.2, 0.25) is 0 Å². The molecule has 3 aliphatic carbocycles. The summed E-state index contributed by atoms with van der Waals surface area (Å²) in [5.41, 5.74) is -5.04. The summed E-state index contributed by atoms with van der Waals surface area (Å²) in [5.74, 6) is -9.55. The second-order valence-electron chi connectivity index (χ2n) is 18.0. The van der Waals surface area contributed by atoms with Crippen molar-refractivity contribution in [2.45, 2.75) is 114 Å². The molecule has 1 saturated heterocycles. The lowest BCUT2D eigenvalue weighted by atomic mass is 9.44. The molecule has 4 N–H and O–H groups in total. The van der Waals surface area contributed by atoms with Gasteiger partial charge in [0.05, 0.1) is 48.0 Å². The minimum Gasteiger partial charge on any atom is -0.456 e. The van der Waals surface area contributed by atoms with Gasteiger partial charge in [-0.1, -0.05) is 62.4 Å². The first-order valence-corrected chi connectivity index (χ1v) is 21.4. The predicted molar refractivity (Wildman–Crippen MR) is 231 cm³/mol. The van der Waals surface area contributed by atoms with Crippen LogP contribution in [0.4, 0.5) is 13.2 Å². The number of nitrogens with one attached hydrogen (secondary N) is 1. The molecule has 4 aliphatic rings. The molecule has 366 valence electrons. The number of benzene rings is 3. The Hall–Kier alpha value is -6.57. The number of carbonyl (C=O) groups is 6. The van der Waals surface area contributed by atoms with Crippen LogP contribution in [-0.4, -0.2) is 122 Å². The predicted octanol–water partition coefficient (Wildman–Crippen LogP) is 4.32. The number of alkyl halides is 3. The first-order chi connectivity index (χ1) is 34.3. The van der Waals surface area contributed by atoms with Gasteiger partial charge in [0.2, 0.25) is 0 Å². The Morgan fingerprint density at radius 2 is 1.55 bits per heavy atom. The number of hydrogen-bond donors (Lipinski definition) is 4. The van der Waals surface area contributed by atoms with E-state index in [1.165, 1.54) is 76.2 Å². The van der Waals surface area contributed by atoms with Crippen molar-refractivity contribution in [1.29, 1.82) is 0 Å². The fourth-order valence-electron chi connectivity index (χ4n) is 10.3. The molecule has 2 saturated carbocycles. The third-order valence-electron chi connectivity index (χ3n) is 13.7. The number of rotatable bonds is 11. The third kappa shape index (κ3) is 8.64. The molecule has 0 spiro atoms. The zero-order valence-electron chi connectivity index (χ0n) is 42.8. The molecule has 3 aromatic rings. The number of halogens is 3. The van der Waals surface area contributed by atoms with Gasteiger partial charge in [-0.2, -0.15) is 18.0 Å². The summed E-state index contributed by atoms with van der Waals surface area (Å²) in [6, 6.07) is 4.97. The summed E-state index contributed by atoms with van der Waals surface area (Å²) in [7, 11) is 0. The van der Waals surface area contributed by atoms with Gasteiger partial charge in [-0.25, -0.2) is 9.59 Å². The van der Waals surface area contributed by atoms with Gasteiger partial charge in [0.15, 0.2) is 23.6 Å². The fourth-order valence-corrected chi connectivity index (χ4v) is 10.3. The average Bonchev–Trinajstić information content (AvgIpc) is 3.29. The number of carbonyl (C=O) groups excluding carboxylic acids is 6. The van der Waals surface area contributed by atoms with E-state index >= 15 is 4.79 Å². The highest BCUT2D eigenvalue weighted by molar-refractivity contribution is 6.02. The number of Topliss-reactive ketones (excluding diaryl/α,β-unsaturated/α-hetero) is 1. The van der Waals surface area contributed by atoms with E-state index in [1.54, 1.807) is 0 Å². The van der Waals surface area contributed by atoms with Crippen LogP contribution in [0.15, 0.2) is 96.0 Å². The van der Waals surface area contributed by atoms with Crippen molar-refractivity contribution >= 4 is 41.3 Å². The number of nitrogens with zero attached hydrogens (tertiary/aromatic N) is 2. The van der Waals surface area contributed by atoms with Gasteiger partial charge in [0, 0.05) is 37.7 Å². The normalized spacial score (nSPS) is 31.4. The zero-order valence-corrected chi connectivity index (χ0v) is 37.8. The maximum Gasteiger partial charge on any atom is 0.495 e. The zero-order chi connectivity index (χ0) is 55.0. The van der Waals surface area contributed by atoms with E-state index in [0.29, 0.717) is 12.1 Å². The number of amides is 1. The largest absolute Gasteiger partial charge is 0.495 e. The minimum atomic E-state index is -5.26. The highest BCUT2D eigenvalue weighted by atomic mass is 19.4. The van der Waals surface area contributed by atoms with Gasteiger partial charge in [-0.05, 0) is 66.9 Å². The van der Waals surface area contributed by atoms with Crippen molar-refractivity contribution in [1.82, 2.24) is 5.32 Å². The summed E-state index contributed by atoms with van der Waals surface area (Å²) in [6.45, 7) is 6.81. The average molecular weight is 972 g/mol. The molecule has 0 aromatic heterocycles. The van der Waals surface area contributed by atoms with Crippen molar-refractivity contribution in [3.8, 4) is 0 Å². The van der Waals surface area contributed by atoms with E-state index < -0.39 is 172 Å². The Kier molecular flexibility index (Phi) is 11.6. The lowest BCUT2D eigenvalue weighted by Gasteiger charge is -2.67. The number of hydrogen-bond acceptors (Lipinski definition) is 14. The lowest BCUT2D eigenvalue weighted by molar-refractivity contribution is -0.346. The summed E-state index contributed by atoms with van der Waals surface area (Å²) >= 11 is 0. The molecule has 11 atom stereocenters. The lowest BCUT2D eigenvalue weighted by Crippen LogP contribution is -2.82. The Labute approximate surface area is 400 Å². The molecule has 3 aromatic carbocycles. The molecule has 1 amide bonds. The van der Waals surface area contributed by atoms with E-state index in [0.717, 1.165) is 13.8 Å². The van der Waals surface area contributed by atoms with Crippen LogP contribution in [0.1, 0.15) is 99.1 Å². The molecule has 17 nitrogen and oxygen atoms in total. The Balaban J connectivity index is 1.39. The van der Waals surface area contributed by atoms with Crippen LogP contribution in [-0.2, 0) is 42.9 Å². The molecule has 1 aliphatic heterocycles. The van der Waals surface area contributed by atoms with Crippen LogP contribution in [0.5, 0.6) is 0 Å². The highest BCUT2D eigenvalue weighted by Gasteiger charge is 2.78. The minimum absolute atomic E-state index is 0.108. The molecule has 1 heterocycles. The molecule has 0 unspecified atom stereocenters. The second-order valence-corrected chi connectivity index (χ2v) is 18.0. The molecular formula is C49H50F3N3O14. The molecule has 0 radical (unpaired) electrons. The molecule has 69 heavy (non-hydrogen) atoms. The van der Waals surface area contributed by atoms with E-state index in [1.807, 2.05) is 0 Å². The van der Waals surface area contributed by atoms with Crippen molar-refractivity contribution in [2.75, 3.05) is 6.61 Å². The first kappa shape index (κ1) is 43.7. The monoisotopic (exact) mass is 971 g/mol. The Morgan fingerprint density at radius 3 is 2.10 bits per heavy atom.